The van der Waals surface area contributed by atoms with Gasteiger partial charge in [0, 0.05) is 32.7 Å². The van der Waals surface area contributed by atoms with Crippen molar-refractivity contribution >= 4 is 10.0 Å². The molecule has 8 heavy (non-hydrogen) atoms. The zero-order valence-corrected chi connectivity index (χ0v) is 8.66. The Bertz CT molecular complexity index is 119. The predicted molar refractivity (Wildman–Crippen MR) is 29.8 cm³/mol. The van der Waals surface area contributed by atoms with Gasteiger partial charge in [0.25, 0.3) is 0 Å². The van der Waals surface area contributed by atoms with Crippen LogP contribution in [0.15, 0.2) is 0 Å². The van der Waals surface area contributed by atoms with Crippen LogP contribution in [0.2, 0.25) is 0 Å². The van der Waals surface area contributed by atoms with E-state index in [1.54, 1.807) is 0 Å². The first-order valence-electron chi connectivity index (χ1n) is 1.33. The van der Waals surface area contributed by atoms with Crippen LogP contribution in [0.5, 0.6) is 0 Å². The molecule has 0 aromatic heterocycles. The SMILES string of the molecule is [CH2-]S(=O)(=O)NC.[CH3-].[Y]. The zero-order chi connectivity index (χ0) is 5.21. The summed E-state index contributed by atoms with van der Waals surface area (Å²) in [6.07, 6.45) is 2.75. The molecule has 0 aliphatic carbocycles. The maximum atomic E-state index is 9.78. The fourth-order valence-electron chi connectivity index (χ4n) is 0. The molecule has 0 rings (SSSR count). The summed E-state index contributed by atoms with van der Waals surface area (Å²) in [5, 5.41) is 0. The van der Waals surface area contributed by atoms with Crippen LogP contribution < -0.4 is 4.72 Å². The molecule has 0 spiro atoms. The first-order chi connectivity index (χ1) is 2.56. The molecule has 0 amide bonds. The van der Waals surface area contributed by atoms with Crippen molar-refractivity contribution < 1.29 is 41.1 Å². The van der Waals surface area contributed by atoms with E-state index in [1.807, 2.05) is 4.72 Å². The van der Waals surface area contributed by atoms with Gasteiger partial charge in [-0.2, -0.15) is 0 Å². The number of rotatable bonds is 1. The van der Waals surface area contributed by atoms with Crippen molar-refractivity contribution in [3.05, 3.63) is 13.7 Å². The fourth-order valence-corrected chi connectivity index (χ4v) is 0. The number of hydrogen-bond acceptors (Lipinski definition) is 2. The maximum Gasteiger partial charge on any atom is 0.0793 e. The van der Waals surface area contributed by atoms with Crippen molar-refractivity contribution in [3.63, 3.8) is 0 Å². The molecule has 0 bridgehead atoms. The predicted octanol–water partition coefficient (Wildman–Crippen LogP) is -0.225. The van der Waals surface area contributed by atoms with Gasteiger partial charge in [0.15, 0.2) is 0 Å². The minimum absolute atomic E-state index is 0. The Morgan fingerprint density at radius 3 is 1.62 bits per heavy atom. The van der Waals surface area contributed by atoms with Crippen LogP contribution in [0.25, 0.3) is 0 Å². The summed E-state index contributed by atoms with van der Waals surface area (Å²) in [4.78, 5) is 0. The van der Waals surface area contributed by atoms with E-state index < -0.39 is 10.0 Å². The minimum Gasteiger partial charge on any atom is -0.358 e. The van der Waals surface area contributed by atoms with E-state index >= 15 is 0 Å². The Kier molecular flexibility index (Phi) is 12.3. The van der Waals surface area contributed by atoms with Gasteiger partial charge in [0.1, 0.15) is 0 Å². The molecule has 0 aromatic carbocycles. The average molecular weight is 212 g/mol. The Labute approximate surface area is 76.2 Å². The second-order valence-electron chi connectivity index (χ2n) is 0.819. The van der Waals surface area contributed by atoms with Crippen LogP contribution in [-0.2, 0) is 42.7 Å². The molecule has 49 valence electrons. The zero-order valence-electron chi connectivity index (χ0n) is 5.01. The average Bonchev–Trinajstić information content (AvgIpc) is 1.35. The second-order valence-corrected chi connectivity index (χ2v) is 2.46. The molecule has 0 atom stereocenters. The molecule has 0 fully saturated rings. The van der Waals surface area contributed by atoms with Crippen LogP contribution in [0.1, 0.15) is 0 Å². The van der Waals surface area contributed by atoms with Crippen molar-refractivity contribution in [2.75, 3.05) is 7.05 Å². The second kappa shape index (κ2) is 6.14. The van der Waals surface area contributed by atoms with Gasteiger partial charge in [0.2, 0.25) is 0 Å². The molecule has 0 unspecified atom stereocenters. The first-order valence-corrected chi connectivity index (χ1v) is 2.98. The minimum atomic E-state index is -3.16. The summed E-state index contributed by atoms with van der Waals surface area (Å²) >= 11 is 0. The number of sulfonamides is 1. The first kappa shape index (κ1) is 16.0. The molecule has 3 nitrogen and oxygen atoms in total. The van der Waals surface area contributed by atoms with Gasteiger partial charge in [-0.25, -0.2) is 19.4 Å². The van der Waals surface area contributed by atoms with Crippen LogP contribution in [0.4, 0.5) is 0 Å². The van der Waals surface area contributed by atoms with E-state index in [2.05, 4.69) is 6.26 Å². The van der Waals surface area contributed by atoms with Crippen molar-refractivity contribution in [2.24, 2.45) is 0 Å². The molecule has 1 radical (unpaired) electrons. The molecular formula is C3H9NO2SY-2. The molecule has 0 heterocycles. The summed E-state index contributed by atoms with van der Waals surface area (Å²) in [6.45, 7) is 0. The quantitative estimate of drug-likeness (QED) is 0.610. The third-order valence-electron chi connectivity index (χ3n) is 0.311. The van der Waals surface area contributed by atoms with Gasteiger partial charge in [-0.05, 0) is 7.05 Å². The summed E-state index contributed by atoms with van der Waals surface area (Å²) in [5.41, 5.74) is 0. The van der Waals surface area contributed by atoms with Gasteiger partial charge in [0.05, 0.1) is 10.0 Å². The third-order valence-corrected chi connectivity index (χ3v) is 0.933. The van der Waals surface area contributed by atoms with Crippen molar-refractivity contribution in [1.29, 1.82) is 0 Å². The Morgan fingerprint density at radius 1 is 1.50 bits per heavy atom. The molecule has 0 aromatic rings. The van der Waals surface area contributed by atoms with Gasteiger partial charge in [-0.15, -0.1) is 0 Å². The monoisotopic (exact) mass is 212 g/mol. The summed E-state index contributed by atoms with van der Waals surface area (Å²) < 4.78 is 21.5. The van der Waals surface area contributed by atoms with E-state index in [-0.39, 0.29) is 40.1 Å². The Morgan fingerprint density at radius 2 is 1.62 bits per heavy atom. The maximum absolute atomic E-state index is 9.78. The fraction of sp³-hybridized carbons (Fsp3) is 0.333. The van der Waals surface area contributed by atoms with Crippen LogP contribution >= 0.6 is 0 Å². The third kappa shape index (κ3) is 15.7. The topological polar surface area (TPSA) is 46.2 Å². The normalized spacial score (nSPS) is 8.75. The van der Waals surface area contributed by atoms with Crippen molar-refractivity contribution in [3.8, 4) is 0 Å². The summed E-state index contributed by atoms with van der Waals surface area (Å²) in [5.74, 6) is 0. The standard InChI is InChI=1S/C2H6NO2S.CH3.Y/c1-3-6(2,4)5;;/h3H,2H2,1H3;1H3;/q2*-1;. The van der Waals surface area contributed by atoms with Crippen molar-refractivity contribution in [2.45, 2.75) is 0 Å². The van der Waals surface area contributed by atoms with Gasteiger partial charge >= 0.3 is 0 Å². The largest absolute Gasteiger partial charge is 0.358 e. The molecule has 1 N–H and O–H groups in total. The van der Waals surface area contributed by atoms with Gasteiger partial charge in [-0.1, -0.05) is 0 Å². The summed E-state index contributed by atoms with van der Waals surface area (Å²) in [7, 11) is -1.85. The van der Waals surface area contributed by atoms with Gasteiger partial charge in [-0.3, -0.25) is 0 Å². The van der Waals surface area contributed by atoms with E-state index in [9.17, 15) is 8.42 Å². The molecule has 5 heteroatoms. The van der Waals surface area contributed by atoms with Crippen LogP contribution in [0.3, 0.4) is 0 Å². The van der Waals surface area contributed by atoms with E-state index in [0.29, 0.717) is 0 Å². The molecule has 0 saturated carbocycles. The molecular weight excluding hydrogens is 203 g/mol. The number of nitrogens with one attached hydrogen (secondary N) is 1. The van der Waals surface area contributed by atoms with E-state index in [0.717, 1.165) is 0 Å². The van der Waals surface area contributed by atoms with Crippen LogP contribution in [0, 0.1) is 13.7 Å². The molecule has 0 saturated heterocycles. The van der Waals surface area contributed by atoms with Crippen LogP contribution in [-0.4, -0.2) is 15.5 Å². The van der Waals surface area contributed by atoms with E-state index in [4.69, 9.17) is 0 Å². The molecule has 0 aliphatic rings. The van der Waals surface area contributed by atoms with Gasteiger partial charge < -0.3 is 7.43 Å². The molecule has 0 aliphatic heterocycles. The van der Waals surface area contributed by atoms with Crippen molar-refractivity contribution in [1.82, 2.24) is 4.72 Å². The Balaban J connectivity index is -0.000000125. The smallest absolute Gasteiger partial charge is 0.0793 e. The van der Waals surface area contributed by atoms with E-state index in [1.165, 1.54) is 7.05 Å². The number of hydrogen-bond donors (Lipinski definition) is 1. The Hall–Kier alpha value is 1.01. The summed E-state index contributed by atoms with van der Waals surface area (Å²) in [6, 6.07) is 0.